The van der Waals surface area contributed by atoms with Gasteiger partial charge in [-0.2, -0.15) is 18.2 Å². The van der Waals surface area contributed by atoms with Crippen LogP contribution in [-0.2, 0) is 6.18 Å². The van der Waals surface area contributed by atoms with E-state index in [4.69, 9.17) is 0 Å². The first-order valence-electron chi connectivity index (χ1n) is 8.30. The first-order chi connectivity index (χ1) is 12.2. The van der Waals surface area contributed by atoms with Crippen LogP contribution < -0.4 is 14.7 Å². The summed E-state index contributed by atoms with van der Waals surface area (Å²) in [7, 11) is 3.77. The van der Waals surface area contributed by atoms with Crippen LogP contribution in [0.3, 0.4) is 0 Å². The Labute approximate surface area is 150 Å². The first kappa shape index (κ1) is 18.2. The number of alkyl halides is 3. The lowest BCUT2D eigenvalue weighted by Crippen LogP contribution is -2.47. The number of anilines is 3. The highest BCUT2D eigenvalue weighted by atomic mass is 19.4. The molecule has 2 aromatic heterocycles. The van der Waals surface area contributed by atoms with Crippen molar-refractivity contribution in [1.29, 1.82) is 0 Å². The van der Waals surface area contributed by atoms with E-state index in [1.54, 1.807) is 0 Å². The fourth-order valence-electron chi connectivity index (χ4n) is 2.83. The van der Waals surface area contributed by atoms with E-state index in [0.29, 0.717) is 37.9 Å². The quantitative estimate of drug-likeness (QED) is 0.832. The number of aromatic nitrogens is 3. The Kier molecular flexibility index (Phi) is 4.88. The summed E-state index contributed by atoms with van der Waals surface area (Å²) < 4.78 is 38.7. The minimum atomic E-state index is -4.36. The van der Waals surface area contributed by atoms with Gasteiger partial charge in [0.05, 0.1) is 5.56 Å². The van der Waals surface area contributed by atoms with Crippen LogP contribution in [0.15, 0.2) is 24.4 Å². The van der Waals surface area contributed by atoms with Crippen molar-refractivity contribution >= 4 is 17.6 Å². The van der Waals surface area contributed by atoms with Crippen LogP contribution >= 0.6 is 0 Å². The molecule has 3 heterocycles. The molecule has 0 bridgehead atoms. The van der Waals surface area contributed by atoms with Crippen molar-refractivity contribution in [3.63, 3.8) is 0 Å². The van der Waals surface area contributed by atoms with Gasteiger partial charge >= 0.3 is 6.18 Å². The largest absolute Gasteiger partial charge is 0.416 e. The highest BCUT2D eigenvalue weighted by Crippen LogP contribution is 2.31. The van der Waals surface area contributed by atoms with Crippen molar-refractivity contribution in [2.24, 2.45) is 0 Å². The van der Waals surface area contributed by atoms with Gasteiger partial charge in [0.15, 0.2) is 0 Å². The summed E-state index contributed by atoms with van der Waals surface area (Å²) in [5, 5.41) is 0. The number of rotatable bonds is 3. The van der Waals surface area contributed by atoms with E-state index in [1.807, 2.05) is 36.9 Å². The lowest BCUT2D eigenvalue weighted by molar-refractivity contribution is -0.137. The number of hydrogen-bond donors (Lipinski definition) is 0. The van der Waals surface area contributed by atoms with Gasteiger partial charge in [0.25, 0.3) is 0 Å². The SMILES string of the molecule is Cc1cc(N2CCN(c3cc(C(F)(F)F)ccn3)CC2)nc(N(C)C)n1. The zero-order valence-corrected chi connectivity index (χ0v) is 15.0. The number of pyridine rings is 1. The molecule has 1 aliphatic heterocycles. The predicted molar refractivity (Wildman–Crippen MR) is 94.8 cm³/mol. The third kappa shape index (κ3) is 3.97. The van der Waals surface area contributed by atoms with Crippen LogP contribution in [0.1, 0.15) is 11.3 Å². The molecular weight excluding hydrogens is 345 g/mol. The van der Waals surface area contributed by atoms with E-state index in [9.17, 15) is 13.2 Å². The van der Waals surface area contributed by atoms with Gasteiger partial charge in [0.1, 0.15) is 11.6 Å². The highest BCUT2D eigenvalue weighted by Gasteiger charge is 2.31. The molecule has 0 N–H and O–H groups in total. The summed E-state index contributed by atoms with van der Waals surface area (Å²) in [5.74, 6) is 1.83. The van der Waals surface area contributed by atoms with Crippen molar-refractivity contribution < 1.29 is 13.2 Å². The summed E-state index contributed by atoms with van der Waals surface area (Å²) in [5.41, 5.74) is 0.202. The Morgan fingerprint density at radius 3 is 2.15 bits per heavy atom. The molecule has 0 aliphatic carbocycles. The molecule has 1 aliphatic rings. The number of nitrogens with zero attached hydrogens (tertiary/aromatic N) is 6. The smallest absolute Gasteiger partial charge is 0.353 e. The average molecular weight is 366 g/mol. The topological polar surface area (TPSA) is 48.4 Å². The second kappa shape index (κ2) is 6.97. The lowest BCUT2D eigenvalue weighted by Gasteiger charge is -2.36. The van der Waals surface area contributed by atoms with Gasteiger partial charge in [-0.25, -0.2) is 9.97 Å². The summed E-state index contributed by atoms with van der Waals surface area (Å²) in [4.78, 5) is 18.9. The Balaban J connectivity index is 1.72. The van der Waals surface area contributed by atoms with Crippen molar-refractivity contribution in [2.45, 2.75) is 13.1 Å². The monoisotopic (exact) mass is 366 g/mol. The average Bonchev–Trinajstić information content (AvgIpc) is 2.61. The zero-order chi connectivity index (χ0) is 18.9. The van der Waals surface area contributed by atoms with Crippen LogP contribution in [0, 0.1) is 6.92 Å². The van der Waals surface area contributed by atoms with E-state index in [1.165, 1.54) is 6.20 Å². The molecular formula is C17H21F3N6. The molecule has 0 saturated carbocycles. The molecule has 9 heteroatoms. The molecule has 0 aromatic carbocycles. The first-order valence-corrected chi connectivity index (χ1v) is 8.30. The van der Waals surface area contributed by atoms with Crippen LogP contribution in [-0.4, -0.2) is 55.2 Å². The summed E-state index contributed by atoms with van der Waals surface area (Å²) in [6.07, 6.45) is -3.15. The van der Waals surface area contributed by atoms with Gasteiger partial charge in [0.2, 0.25) is 5.95 Å². The van der Waals surface area contributed by atoms with Gasteiger partial charge < -0.3 is 14.7 Å². The number of piperazine rings is 1. The Morgan fingerprint density at radius 2 is 1.58 bits per heavy atom. The predicted octanol–water partition coefficient (Wildman–Crippen LogP) is 2.59. The minimum Gasteiger partial charge on any atom is -0.353 e. The maximum absolute atomic E-state index is 12.9. The van der Waals surface area contributed by atoms with Crippen molar-refractivity contribution in [1.82, 2.24) is 15.0 Å². The Bertz CT molecular complexity index is 769. The van der Waals surface area contributed by atoms with Gasteiger partial charge in [-0.05, 0) is 19.1 Å². The highest BCUT2D eigenvalue weighted by molar-refractivity contribution is 5.49. The van der Waals surface area contributed by atoms with Gasteiger partial charge in [-0.15, -0.1) is 0 Å². The van der Waals surface area contributed by atoms with Gasteiger partial charge in [-0.3, -0.25) is 0 Å². The molecule has 6 nitrogen and oxygen atoms in total. The molecule has 0 unspecified atom stereocenters. The fourth-order valence-corrected chi connectivity index (χ4v) is 2.83. The van der Waals surface area contributed by atoms with Crippen LogP contribution in [0.4, 0.5) is 30.8 Å². The van der Waals surface area contributed by atoms with Crippen molar-refractivity contribution in [3.05, 3.63) is 35.7 Å². The van der Waals surface area contributed by atoms with E-state index >= 15 is 0 Å². The number of hydrogen-bond acceptors (Lipinski definition) is 6. The Morgan fingerprint density at radius 1 is 0.962 bits per heavy atom. The molecule has 140 valence electrons. The van der Waals surface area contributed by atoms with Crippen LogP contribution in [0.25, 0.3) is 0 Å². The second-order valence-corrected chi connectivity index (χ2v) is 6.44. The van der Waals surface area contributed by atoms with E-state index in [2.05, 4.69) is 19.9 Å². The van der Waals surface area contributed by atoms with E-state index in [-0.39, 0.29) is 0 Å². The normalized spacial score (nSPS) is 15.3. The van der Waals surface area contributed by atoms with Crippen molar-refractivity contribution in [3.8, 4) is 0 Å². The third-order valence-corrected chi connectivity index (χ3v) is 4.23. The second-order valence-electron chi connectivity index (χ2n) is 6.44. The van der Waals surface area contributed by atoms with E-state index in [0.717, 1.165) is 23.6 Å². The molecule has 1 saturated heterocycles. The molecule has 0 amide bonds. The van der Waals surface area contributed by atoms with Gasteiger partial charge in [0, 0.05) is 58.2 Å². The number of aryl methyl sites for hydroxylation is 1. The molecule has 2 aromatic rings. The Hall–Kier alpha value is -2.58. The number of halogens is 3. The third-order valence-electron chi connectivity index (χ3n) is 4.23. The minimum absolute atomic E-state index is 0.354. The molecule has 0 radical (unpaired) electrons. The molecule has 3 rings (SSSR count). The summed E-state index contributed by atoms with van der Waals surface area (Å²) >= 11 is 0. The maximum atomic E-state index is 12.9. The fraction of sp³-hybridized carbons (Fsp3) is 0.471. The van der Waals surface area contributed by atoms with Gasteiger partial charge in [-0.1, -0.05) is 0 Å². The molecule has 1 fully saturated rings. The summed E-state index contributed by atoms with van der Waals surface area (Å²) in [6.45, 7) is 4.38. The van der Waals surface area contributed by atoms with Crippen LogP contribution in [0.5, 0.6) is 0 Å². The zero-order valence-electron chi connectivity index (χ0n) is 15.0. The molecule has 0 spiro atoms. The molecule has 0 atom stereocenters. The molecule has 26 heavy (non-hydrogen) atoms. The summed E-state index contributed by atoms with van der Waals surface area (Å²) in [6, 6.07) is 4.02. The van der Waals surface area contributed by atoms with Crippen molar-refractivity contribution in [2.75, 3.05) is 55.0 Å². The lowest BCUT2D eigenvalue weighted by atomic mass is 10.2. The maximum Gasteiger partial charge on any atom is 0.416 e. The standard InChI is InChI=1S/C17H21F3N6/c1-12-10-15(23-16(22-12)24(2)3)26-8-6-25(7-9-26)14-11-13(4-5-21-14)17(18,19)20/h4-5,10-11H,6-9H2,1-3H3. The van der Waals surface area contributed by atoms with Crippen LogP contribution in [0.2, 0.25) is 0 Å². The van der Waals surface area contributed by atoms with E-state index < -0.39 is 11.7 Å².